The second-order valence-electron chi connectivity index (χ2n) is 5.92. The van der Waals surface area contributed by atoms with Crippen LogP contribution < -0.4 is 0 Å². The molecule has 7 nitrogen and oxygen atoms in total. The molecule has 1 heterocycles. The topological polar surface area (TPSA) is 87.0 Å². The zero-order valence-corrected chi connectivity index (χ0v) is 15.2. The molecule has 0 amide bonds. The van der Waals surface area contributed by atoms with Crippen molar-refractivity contribution in [3.8, 4) is 5.69 Å². The van der Waals surface area contributed by atoms with Crippen LogP contribution in [0.3, 0.4) is 0 Å². The van der Waals surface area contributed by atoms with E-state index in [1.165, 1.54) is 4.68 Å². The molecule has 0 N–H and O–H groups in total. The largest absolute Gasteiger partial charge is 0.374 e. The van der Waals surface area contributed by atoms with Crippen LogP contribution in [0.1, 0.15) is 18.9 Å². The molecule has 0 unspecified atom stereocenters. The highest BCUT2D eigenvalue weighted by molar-refractivity contribution is 7.91. The molecule has 136 valence electrons. The molecule has 3 rings (SSSR count). The molecule has 0 radical (unpaired) electrons. The standard InChI is InChI=1S/C18H20N4O3S/c1-15(25-14-16-8-4-2-5-9-16)12-13-26(23,24)18-19-20-21-22(18)17-10-6-3-7-11-17/h2-11,15H,12-14H2,1H3/t15-/m1/s1. The Kier molecular flexibility index (Phi) is 5.75. The number of tetrazole rings is 1. The summed E-state index contributed by atoms with van der Waals surface area (Å²) >= 11 is 0. The van der Waals surface area contributed by atoms with Crippen LogP contribution in [0.15, 0.2) is 65.8 Å². The number of aromatic nitrogens is 4. The molecular formula is C18H20N4O3S. The van der Waals surface area contributed by atoms with Crippen LogP contribution in [0.25, 0.3) is 5.69 Å². The van der Waals surface area contributed by atoms with Gasteiger partial charge in [-0.2, -0.15) is 4.68 Å². The van der Waals surface area contributed by atoms with Gasteiger partial charge in [0.25, 0.3) is 5.16 Å². The first kappa shape index (κ1) is 18.2. The second kappa shape index (κ2) is 8.20. The number of rotatable bonds is 8. The Balaban J connectivity index is 1.62. The van der Waals surface area contributed by atoms with Gasteiger partial charge in [-0.25, -0.2) is 8.42 Å². The minimum atomic E-state index is -3.63. The fourth-order valence-electron chi connectivity index (χ4n) is 2.41. The van der Waals surface area contributed by atoms with E-state index in [1.807, 2.05) is 43.3 Å². The third kappa shape index (κ3) is 4.53. The van der Waals surface area contributed by atoms with Gasteiger partial charge in [-0.15, -0.1) is 0 Å². The third-order valence-electron chi connectivity index (χ3n) is 3.89. The Morgan fingerprint density at radius 3 is 2.38 bits per heavy atom. The van der Waals surface area contributed by atoms with Crippen molar-refractivity contribution in [2.75, 3.05) is 5.75 Å². The average molecular weight is 372 g/mol. The Morgan fingerprint density at radius 2 is 1.69 bits per heavy atom. The number of benzene rings is 2. The fraction of sp³-hybridized carbons (Fsp3) is 0.278. The first-order valence-electron chi connectivity index (χ1n) is 8.28. The van der Waals surface area contributed by atoms with E-state index >= 15 is 0 Å². The van der Waals surface area contributed by atoms with Gasteiger partial charge in [-0.05, 0) is 41.5 Å². The molecule has 0 spiro atoms. The zero-order valence-electron chi connectivity index (χ0n) is 14.4. The van der Waals surface area contributed by atoms with Crippen molar-refractivity contribution in [1.82, 2.24) is 20.2 Å². The Bertz CT molecular complexity index is 927. The molecule has 0 saturated heterocycles. The Hall–Kier alpha value is -2.58. The number of sulfone groups is 1. The predicted octanol–water partition coefficient (Wildman–Crippen LogP) is 2.43. The van der Waals surface area contributed by atoms with Crippen molar-refractivity contribution in [2.45, 2.75) is 31.2 Å². The molecule has 0 aliphatic rings. The lowest BCUT2D eigenvalue weighted by molar-refractivity contribution is 0.0513. The normalized spacial score (nSPS) is 12.8. The lowest BCUT2D eigenvalue weighted by atomic mass is 10.2. The van der Waals surface area contributed by atoms with E-state index in [2.05, 4.69) is 15.5 Å². The lowest BCUT2D eigenvalue weighted by Crippen LogP contribution is -2.19. The SMILES string of the molecule is C[C@H](CCS(=O)(=O)c1nnnn1-c1ccccc1)OCc1ccccc1. The number of hydrogen-bond acceptors (Lipinski definition) is 6. The molecular weight excluding hydrogens is 352 g/mol. The van der Waals surface area contributed by atoms with Gasteiger partial charge in [0.2, 0.25) is 9.84 Å². The summed E-state index contributed by atoms with van der Waals surface area (Å²) in [6, 6.07) is 18.7. The van der Waals surface area contributed by atoms with Gasteiger partial charge in [0.1, 0.15) is 0 Å². The van der Waals surface area contributed by atoms with Gasteiger partial charge in [-0.1, -0.05) is 53.6 Å². The fourth-order valence-corrected chi connectivity index (χ4v) is 3.80. The predicted molar refractivity (Wildman–Crippen MR) is 96.5 cm³/mol. The first-order valence-corrected chi connectivity index (χ1v) is 9.93. The molecule has 2 aromatic carbocycles. The molecule has 1 aromatic heterocycles. The monoisotopic (exact) mass is 372 g/mol. The number of para-hydroxylation sites is 1. The van der Waals surface area contributed by atoms with E-state index in [1.54, 1.807) is 24.3 Å². The van der Waals surface area contributed by atoms with Crippen LogP contribution in [-0.4, -0.2) is 40.5 Å². The van der Waals surface area contributed by atoms with Crippen molar-refractivity contribution in [3.05, 3.63) is 66.2 Å². The summed E-state index contributed by atoms with van der Waals surface area (Å²) in [5, 5.41) is 10.9. The van der Waals surface area contributed by atoms with Crippen molar-refractivity contribution < 1.29 is 13.2 Å². The molecule has 3 aromatic rings. The molecule has 0 saturated carbocycles. The van der Waals surface area contributed by atoms with Crippen LogP contribution in [0.5, 0.6) is 0 Å². The first-order chi connectivity index (χ1) is 12.6. The Morgan fingerprint density at radius 1 is 1.04 bits per heavy atom. The summed E-state index contributed by atoms with van der Waals surface area (Å²) in [4.78, 5) is 0. The molecule has 26 heavy (non-hydrogen) atoms. The highest BCUT2D eigenvalue weighted by Crippen LogP contribution is 2.15. The third-order valence-corrected chi connectivity index (χ3v) is 5.47. The molecule has 0 fully saturated rings. The van der Waals surface area contributed by atoms with E-state index in [4.69, 9.17) is 4.74 Å². The maximum Gasteiger partial charge on any atom is 0.272 e. The summed E-state index contributed by atoms with van der Waals surface area (Å²) in [5.41, 5.74) is 1.65. The zero-order chi connectivity index (χ0) is 18.4. The molecule has 0 aliphatic carbocycles. The van der Waals surface area contributed by atoms with Gasteiger partial charge in [0.15, 0.2) is 0 Å². The van der Waals surface area contributed by atoms with Crippen LogP contribution >= 0.6 is 0 Å². The Labute approximate surface area is 152 Å². The van der Waals surface area contributed by atoms with E-state index in [9.17, 15) is 8.42 Å². The van der Waals surface area contributed by atoms with E-state index in [0.717, 1.165) is 5.56 Å². The van der Waals surface area contributed by atoms with Crippen molar-refractivity contribution >= 4 is 9.84 Å². The van der Waals surface area contributed by atoms with Crippen LogP contribution in [0.2, 0.25) is 0 Å². The van der Waals surface area contributed by atoms with Gasteiger partial charge < -0.3 is 4.74 Å². The summed E-state index contributed by atoms with van der Waals surface area (Å²) < 4.78 is 32.3. The number of nitrogens with zero attached hydrogens (tertiary/aromatic N) is 4. The van der Waals surface area contributed by atoms with E-state index in [0.29, 0.717) is 18.7 Å². The molecule has 1 atom stereocenters. The minimum Gasteiger partial charge on any atom is -0.374 e. The summed E-state index contributed by atoms with van der Waals surface area (Å²) in [6.45, 7) is 2.31. The van der Waals surface area contributed by atoms with Gasteiger partial charge in [0.05, 0.1) is 24.2 Å². The van der Waals surface area contributed by atoms with Crippen LogP contribution in [-0.2, 0) is 21.2 Å². The average Bonchev–Trinajstić information content (AvgIpc) is 3.17. The molecule has 0 aliphatic heterocycles. The van der Waals surface area contributed by atoms with Gasteiger partial charge >= 0.3 is 0 Å². The summed E-state index contributed by atoms with van der Waals surface area (Å²) in [7, 11) is -3.63. The number of hydrogen-bond donors (Lipinski definition) is 0. The van der Waals surface area contributed by atoms with Gasteiger partial charge in [0, 0.05) is 0 Å². The van der Waals surface area contributed by atoms with Crippen LogP contribution in [0.4, 0.5) is 0 Å². The quantitative estimate of drug-likeness (QED) is 0.603. The van der Waals surface area contributed by atoms with E-state index < -0.39 is 9.84 Å². The molecule has 0 bridgehead atoms. The van der Waals surface area contributed by atoms with Gasteiger partial charge in [-0.3, -0.25) is 0 Å². The summed E-state index contributed by atoms with van der Waals surface area (Å²) in [5.74, 6) is -0.0871. The highest BCUT2D eigenvalue weighted by Gasteiger charge is 2.24. The van der Waals surface area contributed by atoms with Crippen molar-refractivity contribution in [3.63, 3.8) is 0 Å². The number of ether oxygens (including phenoxy) is 1. The van der Waals surface area contributed by atoms with Crippen LogP contribution in [0, 0.1) is 0 Å². The molecule has 8 heteroatoms. The smallest absolute Gasteiger partial charge is 0.272 e. The summed E-state index contributed by atoms with van der Waals surface area (Å²) in [6.07, 6.45) is 0.155. The van der Waals surface area contributed by atoms with E-state index in [-0.39, 0.29) is 17.0 Å². The van der Waals surface area contributed by atoms with Crippen molar-refractivity contribution in [2.24, 2.45) is 0 Å². The lowest BCUT2D eigenvalue weighted by Gasteiger charge is -2.13. The maximum atomic E-state index is 12.6. The minimum absolute atomic E-state index is 0.0871. The second-order valence-corrected chi connectivity index (χ2v) is 7.93. The van der Waals surface area contributed by atoms with Crippen molar-refractivity contribution in [1.29, 1.82) is 0 Å². The highest BCUT2D eigenvalue weighted by atomic mass is 32.2. The maximum absolute atomic E-state index is 12.6.